The number of benzene rings is 3. The molecule has 168 valence electrons. The molecule has 1 fully saturated rings. The van der Waals surface area contributed by atoms with Crippen LogP contribution < -0.4 is 0 Å². The summed E-state index contributed by atoms with van der Waals surface area (Å²) in [5.41, 5.74) is 2.16. The van der Waals surface area contributed by atoms with Gasteiger partial charge in [0.1, 0.15) is 0 Å². The predicted molar refractivity (Wildman–Crippen MR) is 133 cm³/mol. The molecule has 1 unspecified atom stereocenters. The number of amides is 1. The van der Waals surface area contributed by atoms with Crippen molar-refractivity contribution in [2.75, 3.05) is 46.8 Å². The molecule has 32 heavy (non-hydrogen) atoms. The van der Waals surface area contributed by atoms with Gasteiger partial charge < -0.3 is 9.80 Å². The maximum atomic E-state index is 13.5. The van der Waals surface area contributed by atoms with E-state index in [1.807, 2.05) is 24.3 Å². The van der Waals surface area contributed by atoms with Crippen LogP contribution in [-0.2, 0) is 6.54 Å². The van der Waals surface area contributed by atoms with Crippen LogP contribution in [0.2, 0.25) is 0 Å². The maximum absolute atomic E-state index is 13.5. The summed E-state index contributed by atoms with van der Waals surface area (Å²) in [4.78, 5) is 20.3. The van der Waals surface area contributed by atoms with Gasteiger partial charge in [0.05, 0.1) is 0 Å². The number of nitrogens with zero attached hydrogens (tertiary/aromatic N) is 3. The monoisotopic (exact) mass is 429 g/mol. The van der Waals surface area contributed by atoms with Gasteiger partial charge in [0, 0.05) is 38.3 Å². The summed E-state index contributed by atoms with van der Waals surface area (Å²) in [5, 5.41) is 2.30. The minimum absolute atomic E-state index is 0.151. The van der Waals surface area contributed by atoms with Crippen LogP contribution in [-0.4, -0.2) is 67.4 Å². The number of piperidine rings is 1. The molecule has 1 amide bonds. The average molecular weight is 430 g/mol. The molecule has 1 saturated heterocycles. The Morgan fingerprint density at radius 1 is 0.938 bits per heavy atom. The number of hydrogen-bond donors (Lipinski definition) is 0. The fourth-order valence-electron chi connectivity index (χ4n) is 4.70. The molecule has 0 aromatic heterocycles. The van der Waals surface area contributed by atoms with E-state index in [0.29, 0.717) is 5.92 Å². The normalized spacial score (nSPS) is 17.0. The number of carbonyl (C=O) groups excluding carboxylic acids is 1. The Kier molecular flexibility index (Phi) is 7.56. The van der Waals surface area contributed by atoms with E-state index in [4.69, 9.17) is 0 Å². The smallest absolute Gasteiger partial charge is 0.253 e. The topological polar surface area (TPSA) is 26.8 Å². The quantitative estimate of drug-likeness (QED) is 0.517. The summed E-state index contributed by atoms with van der Waals surface area (Å²) in [7, 11) is 4.14. The van der Waals surface area contributed by atoms with Crippen LogP contribution in [0.3, 0.4) is 0 Å². The van der Waals surface area contributed by atoms with Crippen molar-refractivity contribution < 1.29 is 4.79 Å². The summed E-state index contributed by atoms with van der Waals surface area (Å²) >= 11 is 0. The number of likely N-dealkylation sites (N-methyl/N-ethyl adjacent to an activating group) is 1. The molecule has 0 bridgehead atoms. The van der Waals surface area contributed by atoms with Crippen molar-refractivity contribution in [2.45, 2.75) is 19.4 Å². The molecule has 1 aliphatic heterocycles. The van der Waals surface area contributed by atoms with Crippen LogP contribution in [0.5, 0.6) is 0 Å². The number of rotatable bonds is 8. The Balaban J connectivity index is 1.46. The SMILES string of the molecule is CN(C)CCN(CC1CCCN(Cc2ccccc2)C1)C(=O)c1ccc2ccccc2c1. The van der Waals surface area contributed by atoms with Gasteiger partial charge in [-0.3, -0.25) is 9.69 Å². The third-order valence-electron chi connectivity index (χ3n) is 6.43. The van der Waals surface area contributed by atoms with Gasteiger partial charge >= 0.3 is 0 Å². The molecule has 0 N–H and O–H groups in total. The van der Waals surface area contributed by atoms with Crippen LogP contribution in [0.1, 0.15) is 28.8 Å². The Hall–Kier alpha value is -2.69. The lowest BCUT2D eigenvalue weighted by molar-refractivity contribution is 0.0661. The highest BCUT2D eigenvalue weighted by Gasteiger charge is 2.25. The molecule has 1 heterocycles. The molecule has 3 aromatic rings. The van der Waals surface area contributed by atoms with Gasteiger partial charge in [0.15, 0.2) is 0 Å². The Bertz CT molecular complexity index is 1020. The molecule has 4 heteroatoms. The molecule has 4 nitrogen and oxygen atoms in total. The van der Waals surface area contributed by atoms with Crippen molar-refractivity contribution >= 4 is 16.7 Å². The number of hydrogen-bond acceptors (Lipinski definition) is 3. The van der Waals surface area contributed by atoms with Crippen molar-refractivity contribution in [1.82, 2.24) is 14.7 Å². The van der Waals surface area contributed by atoms with E-state index in [1.165, 1.54) is 23.8 Å². The molecular formula is C28H35N3O. The summed E-state index contributed by atoms with van der Waals surface area (Å²) in [6, 6.07) is 25.0. The lowest BCUT2D eigenvalue weighted by Crippen LogP contribution is -2.44. The first kappa shape index (κ1) is 22.5. The number of likely N-dealkylation sites (tertiary alicyclic amines) is 1. The molecular weight excluding hydrogens is 394 g/mol. The van der Waals surface area contributed by atoms with Crippen LogP contribution in [0.4, 0.5) is 0 Å². The Morgan fingerprint density at radius 3 is 2.47 bits per heavy atom. The predicted octanol–water partition coefficient (Wildman–Crippen LogP) is 4.76. The van der Waals surface area contributed by atoms with Crippen molar-refractivity contribution in [3.05, 3.63) is 83.9 Å². The zero-order chi connectivity index (χ0) is 22.3. The van der Waals surface area contributed by atoms with E-state index >= 15 is 0 Å². The van der Waals surface area contributed by atoms with Crippen LogP contribution in [0.25, 0.3) is 10.8 Å². The fraction of sp³-hybridized carbons (Fsp3) is 0.393. The summed E-state index contributed by atoms with van der Waals surface area (Å²) in [6.45, 7) is 5.64. The lowest BCUT2D eigenvalue weighted by atomic mass is 9.96. The average Bonchev–Trinajstić information content (AvgIpc) is 2.82. The summed E-state index contributed by atoms with van der Waals surface area (Å²) < 4.78 is 0. The van der Waals surface area contributed by atoms with E-state index in [0.717, 1.165) is 50.2 Å². The lowest BCUT2D eigenvalue weighted by Gasteiger charge is -2.36. The highest BCUT2D eigenvalue weighted by molar-refractivity contribution is 5.98. The van der Waals surface area contributed by atoms with Gasteiger partial charge in [-0.2, -0.15) is 0 Å². The molecule has 0 spiro atoms. The van der Waals surface area contributed by atoms with Gasteiger partial charge in [-0.25, -0.2) is 0 Å². The highest BCUT2D eigenvalue weighted by atomic mass is 16.2. The number of carbonyl (C=O) groups is 1. The first-order valence-electron chi connectivity index (χ1n) is 11.8. The molecule has 3 aromatic carbocycles. The van der Waals surface area contributed by atoms with E-state index in [-0.39, 0.29) is 5.91 Å². The molecule has 0 saturated carbocycles. The van der Waals surface area contributed by atoms with Gasteiger partial charge in [-0.05, 0) is 67.9 Å². The summed E-state index contributed by atoms with van der Waals surface area (Å²) in [6.07, 6.45) is 2.39. The van der Waals surface area contributed by atoms with E-state index in [2.05, 4.69) is 77.3 Å². The maximum Gasteiger partial charge on any atom is 0.253 e. The van der Waals surface area contributed by atoms with Gasteiger partial charge in [0.2, 0.25) is 0 Å². The largest absolute Gasteiger partial charge is 0.337 e. The Morgan fingerprint density at radius 2 is 1.69 bits per heavy atom. The van der Waals surface area contributed by atoms with E-state index in [1.54, 1.807) is 0 Å². The molecule has 0 aliphatic carbocycles. The van der Waals surface area contributed by atoms with Crippen LogP contribution >= 0.6 is 0 Å². The van der Waals surface area contributed by atoms with Crippen molar-refractivity contribution in [3.8, 4) is 0 Å². The van der Waals surface area contributed by atoms with Crippen molar-refractivity contribution in [1.29, 1.82) is 0 Å². The Labute approximate surface area is 192 Å². The molecule has 1 atom stereocenters. The van der Waals surface area contributed by atoms with Crippen LogP contribution in [0.15, 0.2) is 72.8 Å². The van der Waals surface area contributed by atoms with Gasteiger partial charge in [-0.15, -0.1) is 0 Å². The van der Waals surface area contributed by atoms with E-state index in [9.17, 15) is 4.79 Å². The van der Waals surface area contributed by atoms with Crippen molar-refractivity contribution in [3.63, 3.8) is 0 Å². The van der Waals surface area contributed by atoms with E-state index < -0.39 is 0 Å². The second-order valence-electron chi connectivity index (χ2n) is 9.35. The van der Waals surface area contributed by atoms with Crippen molar-refractivity contribution in [2.24, 2.45) is 5.92 Å². The number of fused-ring (bicyclic) bond motifs is 1. The minimum Gasteiger partial charge on any atom is -0.337 e. The van der Waals surface area contributed by atoms with Gasteiger partial charge in [0.25, 0.3) is 5.91 Å². The first-order valence-corrected chi connectivity index (χ1v) is 11.8. The van der Waals surface area contributed by atoms with Crippen LogP contribution in [0, 0.1) is 5.92 Å². The van der Waals surface area contributed by atoms with Gasteiger partial charge in [-0.1, -0.05) is 60.7 Å². The molecule has 1 aliphatic rings. The zero-order valence-corrected chi connectivity index (χ0v) is 19.4. The third kappa shape index (κ3) is 5.96. The standard InChI is InChI=1S/C28H35N3O/c1-29(2)17-18-31(28(32)27-15-14-25-12-6-7-13-26(25)19-27)22-24-11-8-16-30(21-24)20-23-9-4-3-5-10-23/h3-7,9-10,12-15,19,24H,8,11,16-18,20-22H2,1-2H3. The fourth-order valence-corrected chi connectivity index (χ4v) is 4.70. The third-order valence-corrected chi connectivity index (χ3v) is 6.43. The molecule has 0 radical (unpaired) electrons. The second-order valence-corrected chi connectivity index (χ2v) is 9.35. The highest BCUT2D eigenvalue weighted by Crippen LogP contribution is 2.22. The minimum atomic E-state index is 0.151. The zero-order valence-electron chi connectivity index (χ0n) is 19.4. The second kappa shape index (κ2) is 10.8. The first-order chi connectivity index (χ1) is 15.6. The summed E-state index contributed by atoms with van der Waals surface area (Å²) in [5.74, 6) is 0.664. The molecule has 4 rings (SSSR count).